The van der Waals surface area contributed by atoms with Gasteiger partial charge in [0.15, 0.2) is 6.61 Å². The molecule has 0 atom stereocenters. The molecule has 1 aliphatic rings. The van der Waals surface area contributed by atoms with Crippen LogP contribution in [0.25, 0.3) is 0 Å². The van der Waals surface area contributed by atoms with Crippen molar-refractivity contribution >= 4 is 5.91 Å². The van der Waals surface area contributed by atoms with Crippen molar-refractivity contribution in [2.75, 3.05) is 32.8 Å². The molecular weight excluding hydrogens is 408 g/mol. The lowest BCUT2D eigenvalue weighted by Gasteiger charge is -2.37. The van der Waals surface area contributed by atoms with E-state index in [4.69, 9.17) is 4.74 Å². The van der Waals surface area contributed by atoms with Crippen LogP contribution in [0.1, 0.15) is 43.5 Å². The molecule has 4 nitrogen and oxygen atoms in total. The van der Waals surface area contributed by atoms with E-state index in [0.717, 1.165) is 31.9 Å². The first-order valence-electron chi connectivity index (χ1n) is 11.9. The van der Waals surface area contributed by atoms with E-state index >= 15 is 0 Å². The van der Waals surface area contributed by atoms with Crippen molar-refractivity contribution in [3.63, 3.8) is 0 Å². The van der Waals surface area contributed by atoms with Crippen molar-refractivity contribution in [2.45, 2.75) is 32.2 Å². The molecule has 3 aromatic carbocycles. The standard InChI is InChI=1S/C29H34N2O2/c1-29(2,3)25-14-16-26(17-15-25)33-22-27(32)30-18-20-31(21-19-30)28(23-10-6-4-7-11-23)24-12-8-5-9-13-24/h4-17,28H,18-22H2,1-3H3/p+1. The fourth-order valence-corrected chi connectivity index (χ4v) is 4.57. The summed E-state index contributed by atoms with van der Waals surface area (Å²) < 4.78 is 5.80. The molecule has 1 saturated heterocycles. The third-order valence-electron chi connectivity index (χ3n) is 6.52. The van der Waals surface area contributed by atoms with Crippen LogP contribution >= 0.6 is 0 Å². The van der Waals surface area contributed by atoms with Gasteiger partial charge in [0, 0.05) is 11.1 Å². The summed E-state index contributed by atoms with van der Waals surface area (Å²) in [5.41, 5.74) is 4.00. The highest BCUT2D eigenvalue weighted by molar-refractivity contribution is 5.77. The van der Waals surface area contributed by atoms with Crippen molar-refractivity contribution in [1.29, 1.82) is 0 Å². The van der Waals surface area contributed by atoms with Crippen LogP contribution in [0.3, 0.4) is 0 Å². The Bertz CT molecular complexity index is 979. The Morgan fingerprint density at radius 1 is 0.848 bits per heavy atom. The zero-order chi connectivity index (χ0) is 23.3. The Hall–Kier alpha value is -3.11. The average molecular weight is 444 g/mol. The Balaban J connectivity index is 1.35. The van der Waals surface area contributed by atoms with Gasteiger partial charge in [0.2, 0.25) is 0 Å². The normalized spacial score (nSPS) is 15.0. The predicted molar refractivity (Wildman–Crippen MR) is 133 cm³/mol. The molecule has 1 amide bonds. The Morgan fingerprint density at radius 2 is 1.36 bits per heavy atom. The molecule has 0 bridgehead atoms. The van der Waals surface area contributed by atoms with Gasteiger partial charge in [0.25, 0.3) is 5.91 Å². The summed E-state index contributed by atoms with van der Waals surface area (Å²) in [5, 5.41) is 0. The monoisotopic (exact) mass is 443 g/mol. The second-order valence-electron chi connectivity index (χ2n) is 9.86. The van der Waals surface area contributed by atoms with E-state index in [1.165, 1.54) is 21.6 Å². The van der Waals surface area contributed by atoms with Crippen LogP contribution < -0.4 is 9.64 Å². The molecule has 4 heteroatoms. The topological polar surface area (TPSA) is 34.0 Å². The summed E-state index contributed by atoms with van der Waals surface area (Å²) in [6.07, 6.45) is 0. The predicted octanol–water partition coefficient (Wildman–Crippen LogP) is 3.88. The first-order valence-corrected chi connectivity index (χ1v) is 11.9. The quantitative estimate of drug-likeness (QED) is 0.627. The van der Waals surface area contributed by atoms with E-state index < -0.39 is 0 Å². The van der Waals surface area contributed by atoms with Crippen LogP contribution in [0, 0.1) is 0 Å². The average Bonchev–Trinajstić information content (AvgIpc) is 2.84. The van der Waals surface area contributed by atoms with E-state index in [2.05, 4.69) is 93.6 Å². The number of rotatable bonds is 6. The number of piperazine rings is 1. The molecule has 0 saturated carbocycles. The number of amides is 1. The Kier molecular flexibility index (Phi) is 7.14. The van der Waals surface area contributed by atoms with Crippen molar-refractivity contribution in [2.24, 2.45) is 0 Å². The fraction of sp³-hybridized carbons (Fsp3) is 0.345. The maximum Gasteiger partial charge on any atom is 0.260 e. The first-order chi connectivity index (χ1) is 15.9. The summed E-state index contributed by atoms with van der Waals surface area (Å²) in [6, 6.07) is 29.7. The minimum absolute atomic E-state index is 0.0601. The summed E-state index contributed by atoms with van der Waals surface area (Å²) in [7, 11) is 0. The molecule has 172 valence electrons. The van der Waals surface area contributed by atoms with Gasteiger partial charge < -0.3 is 14.5 Å². The highest BCUT2D eigenvalue weighted by Crippen LogP contribution is 2.24. The van der Waals surface area contributed by atoms with Gasteiger partial charge in [-0.05, 0) is 23.1 Å². The van der Waals surface area contributed by atoms with Crippen LogP contribution in [0.5, 0.6) is 5.75 Å². The van der Waals surface area contributed by atoms with Gasteiger partial charge in [0.1, 0.15) is 11.8 Å². The highest BCUT2D eigenvalue weighted by atomic mass is 16.5. The number of hydrogen-bond acceptors (Lipinski definition) is 2. The molecule has 1 aliphatic heterocycles. The summed E-state index contributed by atoms with van der Waals surface area (Å²) >= 11 is 0. The highest BCUT2D eigenvalue weighted by Gasteiger charge is 2.31. The number of hydrogen-bond donors (Lipinski definition) is 1. The van der Waals surface area contributed by atoms with Crippen LogP contribution in [-0.4, -0.2) is 43.6 Å². The van der Waals surface area contributed by atoms with Gasteiger partial charge in [-0.3, -0.25) is 4.79 Å². The number of ether oxygens (including phenoxy) is 1. The van der Waals surface area contributed by atoms with Crippen molar-refractivity contribution in [1.82, 2.24) is 4.90 Å². The molecule has 33 heavy (non-hydrogen) atoms. The Labute approximate surface area is 197 Å². The summed E-state index contributed by atoms with van der Waals surface area (Å²) in [5.74, 6) is 0.804. The molecule has 1 fully saturated rings. The number of carbonyl (C=O) groups excluding carboxylic acids is 1. The molecule has 1 N–H and O–H groups in total. The van der Waals surface area contributed by atoms with Crippen LogP contribution in [0.2, 0.25) is 0 Å². The number of quaternary nitrogens is 1. The SMILES string of the molecule is CC(C)(C)c1ccc(OCC(=O)N2CC[NH+](C(c3ccccc3)c3ccccc3)CC2)cc1. The molecule has 0 unspecified atom stereocenters. The van der Waals surface area contributed by atoms with Gasteiger partial charge in [-0.15, -0.1) is 0 Å². The molecule has 0 radical (unpaired) electrons. The van der Waals surface area contributed by atoms with Crippen molar-refractivity contribution in [3.05, 3.63) is 102 Å². The first kappa shape index (κ1) is 23.1. The lowest BCUT2D eigenvalue weighted by atomic mass is 9.87. The third-order valence-corrected chi connectivity index (χ3v) is 6.52. The molecule has 0 aliphatic carbocycles. The van der Waals surface area contributed by atoms with Crippen molar-refractivity contribution in [3.8, 4) is 5.75 Å². The minimum Gasteiger partial charge on any atom is -0.484 e. The maximum atomic E-state index is 12.8. The van der Waals surface area contributed by atoms with E-state index in [0.29, 0.717) is 0 Å². The number of nitrogens with zero attached hydrogens (tertiary/aromatic N) is 1. The Morgan fingerprint density at radius 3 is 1.85 bits per heavy atom. The largest absolute Gasteiger partial charge is 0.484 e. The summed E-state index contributed by atoms with van der Waals surface area (Å²) in [6.45, 7) is 9.98. The molecule has 0 spiro atoms. The number of carbonyl (C=O) groups is 1. The maximum absolute atomic E-state index is 12.8. The molecule has 3 aromatic rings. The zero-order valence-corrected chi connectivity index (χ0v) is 20.0. The van der Waals surface area contributed by atoms with E-state index in [9.17, 15) is 4.79 Å². The van der Waals surface area contributed by atoms with Crippen LogP contribution in [0.4, 0.5) is 0 Å². The third kappa shape index (κ3) is 5.82. The van der Waals surface area contributed by atoms with E-state index in [1.807, 2.05) is 17.0 Å². The van der Waals surface area contributed by atoms with E-state index in [-0.39, 0.29) is 24.0 Å². The fourth-order valence-electron chi connectivity index (χ4n) is 4.57. The molecule has 0 aromatic heterocycles. The van der Waals surface area contributed by atoms with Crippen molar-refractivity contribution < 1.29 is 14.4 Å². The zero-order valence-electron chi connectivity index (χ0n) is 20.0. The second-order valence-corrected chi connectivity index (χ2v) is 9.86. The van der Waals surface area contributed by atoms with Gasteiger partial charge in [-0.1, -0.05) is 93.6 Å². The van der Waals surface area contributed by atoms with Gasteiger partial charge in [-0.25, -0.2) is 0 Å². The lowest BCUT2D eigenvalue weighted by molar-refractivity contribution is -0.929. The second kappa shape index (κ2) is 10.2. The summed E-state index contributed by atoms with van der Waals surface area (Å²) in [4.78, 5) is 16.2. The van der Waals surface area contributed by atoms with Gasteiger partial charge >= 0.3 is 0 Å². The van der Waals surface area contributed by atoms with E-state index in [1.54, 1.807) is 0 Å². The molecule has 4 rings (SSSR count). The van der Waals surface area contributed by atoms with Crippen LogP contribution in [0.15, 0.2) is 84.9 Å². The number of benzene rings is 3. The number of nitrogens with one attached hydrogen (secondary N) is 1. The minimum atomic E-state index is 0.0601. The van der Waals surface area contributed by atoms with Gasteiger partial charge in [-0.2, -0.15) is 0 Å². The smallest absolute Gasteiger partial charge is 0.260 e. The molecule has 1 heterocycles. The van der Waals surface area contributed by atoms with Crippen LogP contribution in [-0.2, 0) is 10.2 Å². The lowest BCUT2D eigenvalue weighted by Crippen LogP contribution is -3.15. The molecular formula is C29H35N2O2+. The van der Waals surface area contributed by atoms with Gasteiger partial charge in [0.05, 0.1) is 26.2 Å².